The number of hydrogen-bond donors (Lipinski definition) is 1. The predicted molar refractivity (Wildman–Crippen MR) is 98.4 cm³/mol. The van der Waals surface area contributed by atoms with E-state index in [0.29, 0.717) is 17.7 Å². The quantitative estimate of drug-likeness (QED) is 0.696. The van der Waals surface area contributed by atoms with E-state index in [-0.39, 0.29) is 12.3 Å². The van der Waals surface area contributed by atoms with Crippen LogP contribution in [0.15, 0.2) is 67.0 Å². The van der Waals surface area contributed by atoms with E-state index in [4.69, 9.17) is 5.26 Å². The second kappa shape index (κ2) is 7.95. The van der Waals surface area contributed by atoms with Crippen molar-refractivity contribution >= 4 is 10.0 Å². The van der Waals surface area contributed by atoms with Gasteiger partial charge in [0.05, 0.1) is 23.9 Å². The molecule has 0 saturated heterocycles. The molecule has 0 spiro atoms. The fourth-order valence-corrected chi connectivity index (χ4v) is 3.70. The van der Waals surface area contributed by atoms with Gasteiger partial charge in [-0.3, -0.25) is 4.68 Å². The van der Waals surface area contributed by atoms with Crippen LogP contribution in [0.1, 0.15) is 22.3 Å². The van der Waals surface area contributed by atoms with Gasteiger partial charge in [-0.25, -0.2) is 13.1 Å². The molecule has 0 aliphatic rings. The number of benzene rings is 2. The minimum atomic E-state index is -3.49. The molecule has 0 fully saturated rings. The number of sulfonamides is 1. The highest BCUT2D eigenvalue weighted by molar-refractivity contribution is 7.88. The molecular formula is C19H18N4O2S. The van der Waals surface area contributed by atoms with Crippen molar-refractivity contribution in [1.82, 2.24) is 14.5 Å². The molecule has 0 saturated carbocycles. The summed E-state index contributed by atoms with van der Waals surface area (Å²) < 4.78 is 29.2. The topological polar surface area (TPSA) is 87.8 Å². The molecule has 0 atom stereocenters. The Morgan fingerprint density at radius 1 is 1.04 bits per heavy atom. The standard InChI is InChI=1S/C19H18N4O2S/c20-12-16-6-8-17(9-7-16)15-26(24,25)22-13-18-4-1-2-5-19(18)14-23-11-3-10-21-23/h1-11,22H,13-15H2. The van der Waals surface area contributed by atoms with E-state index >= 15 is 0 Å². The summed E-state index contributed by atoms with van der Waals surface area (Å²) in [5.41, 5.74) is 3.07. The number of rotatable bonds is 7. The predicted octanol–water partition coefficient (Wildman–Crippen LogP) is 2.42. The van der Waals surface area contributed by atoms with Crippen molar-refractivity contribution in [1.29, 1.82) is 5.26 Å². The van der Waals surface area contributed by atoms with E-state index in [1.165, 1.54) is 0 Å². The summed E-state index contributed by atoms with van der Waals surface area (Å²) in [6, 6.07) is 18.1. The minimum absolute atomic E-state index is 0.125. The number of hydrogen-bond acceptors (Lipinski definition) is 4. The number of nitrogens with one attached hydrogen (secondary N) is 1. The maximum Gasteiger partial charge on any atom is 0.216 e. The van der Waals surface area contributed by atoms with Crippen molar-refractivity contribution in [2.45, 2.75) is 18.8 Å². The lowest BCUT2D eigenvalue weighted by Gasteiger charge is -2.11. The van der Waals surface area contributed by atoms with Gasteiger partial charge in [-0.05, 0) is 34.9 Å². The summed E-state index contributed by atoms with van der Waals surface area (Å²) in [4.78, 5) is 0. The molecule has 0 radical (unpaired) electrons. The molecule has 7 heteroatoms. The Balaban J connectivity index is 1.67. The van der Waals surface area contributed by atoms with Crippen molar-refractivity contribution in [3.63, 3.8) is 0 Å². The Kier molecular flexibility index (Phi) is 5.46. The maximum absolute atomic E-state index is 12.4. The first kappa shape index (κ1) is 17.9. The third-order valence-electron chi connectivity index (χ3n) is 3.93. The fraction of sp³-hybridized carbons (Fsp3) is 0.158. The van der Waals surface area contributed by atoms with Gasteiger partial charge in [0.25, 0.3) is 0 Å². The number of aromatic nitrogens is 2. The van der Waals surface area contributed by atoms with Gasteiger partial charge in [-0.2, -0.15) is 10.4 Å². The van der Waals surface area contributed by atoms with Gasteiger partial charge in [0.1, 0.15) is 0 Å². The van der Waals surface area contributed by atoms with Crippen LogP contribution in [0.4, 0.5) is 0 Å². The maximum atomic E-state index is 12.4. The Bertz CT molecular complexity index is 1000. The summed E-state index contributed by atoms with van der Waals surface area (Å²) in [5, 5.41) is 13.0. The highest BCUT2D eigenvalue weighted by Crippen LogP contribution is 2.12. The lowest BCUT2D eigenvalue weighted by atomic mass is 10.1. The van der Waals surface area contributed by atoms with Crippen LogP contribution in [0.2, 0.25) is 0 Å². The first-order valence-electron chi connectivity index (χ1n) is 8.06. The molecule has 1 N–H and O–H groups in total. The highest BCUT2D eigenvalue weighted by Gasteiger charge is 2.13. The lowest BCUT2D eigenvalue weighted by Crippen LogP contribution is -2.25. The Hall–Kier alpha value is -2.95. The average Bonchev–Trinajstić information content (AvgIpc) is 3.14. The first-order chi connectivity index (χ1) is 12.6. The Labute approximate surface area is 152 Å². The molecular weight excluding hydrogens is 348 g/mol. The zero-order valence-electron chi connectivity index (χ0n) is 14.0. The van der Waals surface area contributed by atoms with Crippen molar-refractivity contribution in [3.8, 4) is 6.07 Å². The lowest BCUT2D eigenvalue weighted by molar-refractivity contribution is 0.579. The van der Waals surface area contributed by atoms with Crippen LogP contribution in [0.3, 0.4) is 0 Å². The van der Waals surface area contributed by atoms with Gasteiger partial charge in [0.15, 0.2) is 0 Å². The van der Waals surface area contributed by atoms with Crippen molar-refractivity contribution in [2.75, 3.05) is 0 Å². The van der Waals surface area contributed by atoms with Gasteiger partial charge < -0.3 is 0 Å². The molecule has 132 valence electrons. The van der Waals surface area contributed by atoms with Crippen LogP contribution >= 0.6 is 0 Å². The largest absolute Gasteiger partial charge is 0.268 e. The number of nitriles is 1. The van der Waals surface area contributed by atoms with Gasteiger partial charge >= 0.3 is 0 Å². The van der Waals surface area contributed by atoms with Gasteiger partial charge in [-0.15, -0.1) is 0 Å². The zero-order valence-corrected chi connectivity index (χ0v) is 14.9. The summed E-state index contributed by atoms with van der Waals surface area (Å²) in [5.74, 6) is -0.125. The second-order valence-corrected chi connectivity index (χ2v) is 7.67. The molecule has 6 nitrogen and oxygen atoms in total. The minimum Gasteiger partial charge on any atom is -0.268 e. The van der Waals surface area contributed by atoms with Gasteiger partial charge in [-0.1, -0.05) is 36.4 Å². The highest BCUT2D eigenvalue weighted by atomic mass is 32.2. The third kappa shape index (κ3) is 4.79. The summed E-state index contributed by atoms with van der Waals surface area (Å²) >= 11 is 0. The number of nitrogens with zero attached hydrogens (tertiary/aromatic N) is 3. The van der Waals surface area contributed by atoms with E-state index in [1.54, 1.807) is 35.1 Å². The fourth-order valence-electron chi connectivity index (χ4n) is 2.59. The molecule has 1 aromatic heterocycles. The van der Waals surface area contributed by atoms with E-state index < -0.39 is 10.0 Å². The molecule has 0 unspecified atom stereocenters. The Morgan fingerprint density at radius 2 is 1.77 bits per heavy atom. The van der Waals surface area contributed by atoms with Crippen molar-refractivity contribution in [2.24, 2.45) is 0 Å². The van der Waals surface area contributed by atoms with Crippen LogP contribution in [0.5, 0.6) is 0 Å². The van der Waals surface area contributed by atoms with Crippen LogP contribution in [0.25, 0.3) is 0 Å². The molecule has 3 aromatic rings. The van der Waals surface area contributed by atoms with Crippen LogP contribution in [-0.4, -0.2) is 18.2 Å². The molecule has 0 aliphatic heterocycles. The van der Waals surface area contributed by atoms with Crippen LogP contribution in [0, 0.1) is 11.3 Å². The van der Waals surface area contributed by atoms with E-state index in [9.17, 15) is 8.42 Å². The molecule has 0 aliphatic carbocycles. The third-order valence-corrected chi connectivity index (χ3v) is 5.23. The Morgan fingerprint density at radius 3 is 2.42 bits per heavy atom. The molecule has 1 heterocycles. The monoisotopic (exact) mass is 366 g/mol. The first-order valence-corrected chi connectivity index (χ1v) is 9.71. The SMILES string of the molecule is N#Cc1ccc(CS(=O)(=O)NCc2ccccc2Cn2cccn2)cc1. The average molecular weight is 366 g/mol. The summed E-state index contributed by atoms with van der Waals surface area (Å²) in [6.07, 6.45) is 3.58. The van der Waals surface area contributed by atoms with E-state index in [1.807, 2.05) is 42.6 Å². The molecule has 2 aromatic carbocycles. The summed E-state index contributed by atoms with van der Waals surface area (Å²) in [7, 11) is -3.49. The van der Waals surface area contributed by atoms with Crippen LogP contribution < -0.4 is 4.72 Å². The molecule has 26 heavy (non-hydrogen) atoms. The van der Waals surface area contributed by atoms with E-state index in [2.05, 4.69) is 9.82 Å². The molecule has 3 rings (SSSR count). The molecule has 0 bridgehead atoms. The van der Waals surface area contributed by atoms with Crippen molar-refractivity contribution in [3.05, 3.63) is 89.2 Å². The second-order valence-electron chi connectivity index (χ2n) is 5.86. The van der Waals surface area contributed by atoms with Crippen molar-refractivity contribution < 1.29 is 8.42 Å². The molecule has 0 amide bonds. The smallest absolute Gasteiger partial charge is 0.216 e. The normalized spacial score (nSPS) is 11.2. The zero-order chi connectivity index (χ0) is 18.4. The summed E-state index contributed by atoms with van der Waals surface area (Å²) in [6.45, 7) is 0.802. The van der Waals surface area contributed by atoms with Gasteiger partial charge in [0.2, 0.25) is 10.0 Å². The van der Waals surface area contributed by atoms with E-state index in [0.717, 1.165) is 11.1 Å². The van der Waals surface area contributed by atoms with Gasteiger partial charge in [0, 0.05) is 18.9 Å². The van der Waals surface area contributed by atoms with Crippen LogP contribution in [-0.2, 0) is 28.9 Å².